The minimum absolute atomic E-state index is 0.247. The molecule has 0 unspecified atom stereocenters. The molecule has 2 N–H and O–H groups in total. The molecular formula is C19H14Cl2N4O2. The van der Waals surface area contributed by atoms with E-state index in [9.17, 15) is 9.59 Å². The van der Waals surface area contributed by atoms with Gasteiger partial charge < -0.3 is 5.32 Å². The van der Waals surface area contributed by atoms with Gasteiger partial charge in [0.05, 0.1) is 11.7 Å². The third-order valence-corrected chi connectivity index (χ3v) is 4.19. The topological polar surface area (TPSA) is 83.5 Å². The molecule has 0 aliphatic rings. The van der Waals surface area contributed by atoms with Crippen LogP contribution in [0.1, 0.15) is 11.1 Å². The predicted molar refractivity (Wildman–Crippen MR) is 107 cm³/mol. The Labute approximate surface area is 165 Å². The molecule has 2 aromatic carbocycles. The highest BCUT2D eigenvalue weighted by molar-refractivity contribution is 6.39. The fraction of sp³-hybridized carbons (Fsp3) is 0.0526. The van der Waals surface area contributed by atoms with Crippen LogP contribution in [0.5, 0.6) is 0 Å². The summed E-state index contributed by atoms with van der Waals surface area (Å²) in [5.74, 6) is -1.77. The number of carbonyl (C=O) groups excluding carboxylic acids is 2. The van der Waals surface area contributed by atoms with E-state index in [0.717, 1.165) is 16.5 Å². The van der Waals surface area contributed by atoms with Gasteiger partial charge in [-0.2, -0.15) is 5.10 Å². The second-order valence-corrected chi connectivity index (χ2v) is 6.52. The molecule has 0 atom stereocenters. The molecule has 0 spiro atoms. The van der Waals surface area contributed by atoms with Gasteiger partial charge in [-0.15, -0.1) is 0 Å². The van der Waals surface area contributed by atoms with Crippen LogP contribution in [0, 0.1) is 6.92 Å². The predicted octanol–water partition coefficient (Wildman–Crippen LogP) is 3.94. The number of aryl methyl sites for hydroxylation is 1. The third kappa shape index (κ3) is 4.81. The van der Waals surface area contributed by atoms with Crippen molar-refractivity contribution in [3.05, 3.63) is 69.8 Å². The van der Waals surface area contributed by atoms with Crippen LogP contribution in [0.2, 0.25) is 10.2 Å². The minimum atomic E-state index is -0.915. The Balaban J connectivity index is 1.65. The smallest absolute Gasteiger partial charge is 0.318 e. The van der Waals surface area contributed by atoms with Crippen molar-refractivity contribution in [1.82, 2.24) is 10.4 Å². The van der Waals surface area contributed by atoms with Gasteiger partial charge in [0.2, 0.25) is 0 Å². The van der Waals surface area contributed by atoms with Crippen molar-refractivity contribution in [2.45, 2.75) is 6.92 Å². The summed E-state index contributed by atoms with van der Waals surface area (Å²) in [5.41, 5.74) is 4.96. The lowest BCUT2D eigenvalue weighted by molar-refractivity contribution is -0.136. The lowest BCUT2D eigenvalue weighted by atomic mass is 10.1. The van der Waals surface area contributed by atoms with E-state index in [-0.39, 0.29) is 5.15 Å². The molecule has 136 valence electrons. The summed E-state index contributed by atoms with van der Waals surface area (Å²) in [6, 6.07) is 14.0. The molecule has 3 rings (SSSR count). The van der Waals surface area contributed by atoms with Crippen molar-refractivity contribution in [1.29, 1.82) is 0 Å². The fourth-order valence-corrected chi connectivity index (χ4v) is 2.61. The lowest BCUT2D eigenvalue weighted by Gasteiger charge is -2.04. The van der Waals surface area contributed by atoms with Crippen LogP contribution >= 0.6 is 23.2 Å². The van der Waals surface area contributed by atoms with Gasteiger partial charge in [-0.25, -0.2) is 10.4 Å². The van der Waals surface area contributed by atoms with Crippen LogP contribution in [0.3, 0.4) is 0 Å². The second-order valence-electron chi connectivity index (χ2n) is 5.72. The molecule has 6 nitrogen and oxygen atoms in total. The number of aromatic nitrogens is 1. The molecule has 0 saturated carbocycles. The average molecular weight is 401 g/mol. The maximum atomic E-state index is 11.8. The summed E-state index contributed by atoms with van der Waals surface area (Å²) in [4.78, 5) is 28.0. The SMILES string of the molecule is Cc1ccc2cc(/C=N\NC(=O)C(=O)Nc3ccc(Cl)cc3)c(Cl)nc2c1. The highest BCUT2D eigenvalue weighted by Crippen LogP contribution is 2.20. The number of benzene rings is 2. The molecular weight excluding hydrogens is 387 g/mol. The molecule has 8 heteroatoms. The minimum Gasteiger partial charge on any atom is -0.318 e. The number of pyridine rings is 1. The first kappa shape index (κ1) is 18.8. The molecule has 27 heavy (non-hydrogen) atoms. The van der Waals surface area contributed by atoms with Gasteiger partial charge in [-0.3, -0.25) is 9.59 Å². The van der Waals surface area contributed by atoms with Gasteiger partial charge in [0, 0.05) is 21.7 Å². The van der Waals surface area contributed by atoms with Crippen LogP contribution < -0.4 is 10.7 Å². The van der Waals surface area contributed by atoms with Crippen LogP contribution in [-0.2, 0) is 9.59 Å². The molecule has 0 bridgehead atoms. The van der Waals surface area contributed by atoms with Crippen molar-refractivity contribution in [2.24, 2.45) is 5.10 Å². The number of hydrogen-bond donors (Lipinski definition) is 2. The second kappa shape index (κ2) is 8.16. The molecule has 2 amide bonds. The van der Waals surface area contributed by atoms with E-state index in [1.165, 1.54) is 6.21 Å². The molecule has 3 aromatic rings. The Morgan fingerprint density at radius 3 is 2.52 bits per heavy atom. The zero-order chi connectivity index (χ0) is 19.4. The number of hydrogen-bond acceptors (Lipinski definition) is 4. The molecule has 0 fully saturated rings. The quantitative estimate of drug-likeness (QED) is 0.302. The molecule has 0 aliphatic heterocycles. The van der Waals surface area contributed by atoms with Gasteiger partial charge in [0.1, 0.15) is 5.15 Å². The molecule has 1 aromatic heterocycles. The number of rotatable bonds is 3. The first-order chi connectivity index (χ1) is 12.9. The lowest BCUT2D eigenvalue weighted by Crippen LogP contribution is -2.32. The Kier molecular flexibility index (Phi) is 5.69. The maximum absolute atomic E-state index is 11.8. The van der Waals surface area contributed by atoms with Gasteiger partial charge in [0.25, 0.3) is 0 Å². The monoisotopic (exact) mass is 400 g/mol. The van der Waals surface area contributed by atoms with E-state index in [4.69, 9.17) is 23.2 Å². The zero-order valence-electron chi connectivity index (χ0n) is 14.2. The van der Waals surface area contributed by atoms with Crippen molar-refractivity contribution >= 4 is 57.8 Å². The molecule has 0 aliphatic carbocycles. The van der Waals surface area contributed by atoms with E-state index < -0.39 is 11.8 Å². The number of nitrogens with zero attached hydrogens (tertiary/aromatic N) is 2. The standard InChI is InChI=1S/C19H14Cl2N4O2/c1-11-2-3-12-9-13(17(21)24-16(12)8-11)10-22-25-19(27)18(26)23-15-6-4-14(20)5-7-15/h2-10H,1H3,(H,23,26)(H,25,27)/b22-10-. The van der Waals surface area contributed by atoms with Crippen LogP contribution in [-0.4, -0.2) is 23.0 Å². The number of nitrogens with one attached hydrogen (secondary N) is 2. The summed E-state index contributed by atoms with van der Waals surface area (Å²) in [6.07, 6.45) is 1.34. The van der Waals surface area contributed by atoms with Gasteiger partial charge >= 0.3 is 11.8 Å². The average Bonchev–Trinajstić information content (AvgIpc) is 2.64. The summed E-state index contributed by atoms with van der Waals surface area (Å²) < 4.78 is 0. The van der Waals surface area contributed by atoms with E-state index in [2.05, 4.69) is 20.8 Å². The number of hydrazone groups is 1. The first-order valence-corrected chi connectivity index (χ1v) is 8.65. The normalized spacial score (nSPS) is 10.9. The van der Waals surface area contributed by atoms with Crippen LogP contribution in [0.4, 0.5) is 5.69 Å². The fourth-order valence-electron chi connectivity index (χ4n) is 2.29. The summed E-state index contributed by atoms with van der Waals surface area (Å²) in [6.45, 7) is 1.97. The maximum Gasteiger partial charge on any atom is 0.329 e. The van der Waals surface area contributed by atoms with Gasteiger partial charge in [-0.05, 0) is 48.9 Å². The highest BCUT2D eigenvalue weighted by atomic mass is 35.5. The summed E-state index contributed by atoms with van der Waals surface area (Å²) >= 11 is 11.9. The van der Waals surface area contributed by atoms with Crippen molar-refractivity contribution in [3.8, 4) is 0 Å². The number of halogens is 2. The Morgan fingerprint density at radius 1 is 1.04 bits per heavy atom. The van der Waals surface area contributed by atoms with Crippen molar-refractivity contribution in [3.63, 3.8) is 0 Å². The number of amides is 2. The molecule has 0 radical (unpaired) electrons. The zero-order valence-corrected chi connectivity index (χ0v) is 15.7. The van der Waals surface area contributed by atoms with Crippen LogP contribution in [0.25, 0.3) is 10.9 Å². The van der Waals surface area contributed by atoms with Crippen LogP contribution in [0.15, 0.2) is 53.6 Å². The Hall–Kier alpha value is -2.96. The van der Waals surface area contributed by atoms with E-state index >= 15 is 0 Å². The van der Waals surface area contributed by atoms with Gasteiger partial charge in [0.15, 0.2) is 0 Å². The number of anilines is 1. The first-order valence-electron chi connectivity index (χ1n) is 7.89. The van der Waals surface area contributed by atoms with E-state index in [0.29, 0.717) is 16.3 Å². The third-order valence-electron chi connectivity index (χ3n) is 3.63. The largest absolute Gasteiger partial charge is 0.329 e. The highest BCUT2D eigenvalue weighted by Gasteiger charge is 2.13. The molecule has 1 heterocycles. The van der Waals surface area contributed by atoms with Crippen molar-refractivity contribution < 1.29 is 9.59 Å². The van der Waals surface area contributed by atoms with E-state index in [1.807, 2.05) is 25.1 Å². The summed E-state index contributed by atoms with van der Waals surface area (Å²) in [7, 11) is 0. The van der Waals surface area contributed by atoms with Gasteiger partial charge in [-0.1, -0.05) is 35.3 Å². The molecule has 0 saturated heterocycles. The van der Waals surface area contributed by atoms with Crippen molar-refractivity contribution in [2.75, 3.05) is 5.32 Å². The van der Waals surface area contributed by atoms with E-state index in [1.54, 1.807) is 30.3 Å². The summed E-state index contributed by atoms with van der Waals surface area (Å²) in [5, 5.41) is 7.87. The number of carbonyl (C=O) groups is 2. The number of fused-ring (bicyclic) bond motifs is 1. The Morgan fingerprint density at radius 2 is 1.78 bits per heavy atom. The Bertz CT molecular complexity index is 1050.